The third kappa shape index (κ3) is 4.79. The summed E-state index contributed by atoms with van der Waals surface area (Å²) in [5.74, 6) is 0. The number of allylic oxidation sites excluding steroid dienone is 4. The Labute approximate surface area is 330 Å². The Hall–Kier alpha value is -7.36. The van der Waals surface area contributed by atoms with E-state index in [1.54, 1.807) is 0 Å². The zero-order chi connectivity index (χ0) is 37.5. The highest BCUT2D eigenvalue weighted by Crippen LogP contribution is 2.43. The van der Waals surface area contributed by atoms with Crippen LogP contribution < -0.4 is 0 Å². The maximum absolute atomic E-state index is 2.51. The highest BCUT2D eigenvalue weighted by Gasteiger charge is 2.22. The second-order valence-electron chi connectivity index (χ2n) is 15.2. The molecule has 268 valence electrons. The molecule has 0 N–H and O–H groups in total. The number of aromatic nitrogens is 3. The van der Waals surface area contributed by atoms with Crippen molar-refractivity contribution in [1.82, 2.24) is 13.7 Å². The second-order valence-corrected chi connectivity index (χ2v) is 15.2. The summed E-state index contributed by atoms with van der Waals surface area (Å²) >= 11 is 0. The Morgan fingerprint density at radius 2 is 0.789 bits per heavy atom. The molecule has 0 radical (unpaired) electrons. The summed E-state index contributed by atoms with van der Waals surface area (Å²) in [6.07, 6.45) is 9.15. The molecule has 0 saturated carbocycles. The molecule has 0 saturated heterocycles. The van der Waals surface area contributed by atoms with E-state index < -0.39 is 0 Å². The van der Waals surface area contributed by atoms with Crippen LogP contribution in [0.15, 0.2) is 200 Å². The SMILES string of the molecule is C1=CC(c2cccc(-c3ccccc3)c2-n2c3ccccc3c3cc(-n4c5ccccc5c5cc(-n6c7ccccc7c7ccccc76)ccc54)ccc32)=CCC1. The minimum absolute atomic E-state index is 1.05. The maximum Gasteiger partial charge on any atom is 0.0618 e. The van der Waals surface area contributed by atoms with Crippen molar-refractivity contribution in [3.8, 4) is 28.2 Å². The van der Waals surface area contributed by atoms with E-state index in [9.17, 15) is 0 Å². The van der Waals surface area contributed by atoms with Crippen LogP contribution in [-0.2, 0) is 0 Å². The van der Waals surface area contributed by atoms with Crippen molar-refractivity contribution in [3.05, 3.63) is 206 Å². The lowest BCUT2D eigenvalue weighted by Gasteiger charge is -2.20. The number of hydrogen-bond donors (Lipinski definition) is 0. The fraction of sp³-hybridized carbons (Fsp3) is 0.0370. The number of fused-ring (bicyclic) bond motifs is 9. The van der Waals surface area contributed by atoms with Gasteiger partial charge in [0.2, 0.25) is 0 Å². The Morgan fingerprint density at radius 1 is 0.333 bits per heavy atom. The average Bonchev–Trinajstić information content (AvgIpc) is 3.92. The zero-order valence-corrected chi connectivity index (χ0v) is 31.3. The summed E-state index contributed by atoms with van der Waals surface area (Å²) in [5, 5.41) is 7.50. The lowest BCUT2D eigenvalue weighted by atomic mass is 9.93. The molecule has 3 heteroatoms. The van der Waals surface area contributed by atoms with Gasteiger partial charge in [-0.3, -0.25) is 0 Å². The van der Waals surface area contributed by atoms with Gasteiger partial charge in [0.1, 0.15) is 0 Å². The summed E-state index contributed by atoms with van der Waals surface area (Å²) in [4.78, 5) is 0. The Balaban J connectivity index is 1.10. The number of para-hydroxylation sites is 5. The van der Waals surface area contributed by atoms with E-state index >= 15 is 0 Å². The first-order chi connectivity index (χ1) is 28.3. The molecule has 3 aromatic heterocycles. The molecule has 3 nitrogen and oxygen atoms in total. The fourth-order valence-electron chi connectivity index (χ4n) is 9.60. The monoisotopic (exact) mass is 727 g/mol. The van der Waals surface area contributed by atoms with Crippen molar-refractivity contribution in [2.45, 2.75) is 12.8 Å². The minimum atomic E-state index is 1.05. The van der Waals surface area contributed by atoms with Crippen molar-refractivity contribution in [2.75, 3.05) is 0 Å². The van der Waals surface area contributed by atoms with Gasteiger partial charge in [-0.15, -0.1) is 0 Å². The molecule has 0 fully saturated rings. The van der Waals surface area contributed by atoms with Gasteiger partial charge in [0.15, 0.2) is 0 Å². The van der Waals surface area contributed by atoms with E-state index in [1.165, 1.54) is 93.4 Å². The van der Waals surface area contributed by atoms with Crippen LogP contribution in [0.3, 0.4) is 0 Å². The van der Waals surface area contributed by atoms with Crippen LogP contribution in [0.2, 0.25) is 0 Å². The smallest absolute Gasteiger partial charge is 0.0618 e. The highest BCUT2D eigenvalue weighted by molar-refractivity contribution is 6.14. The van der Waals surface area contributed by atoms with Gasteiger partial charge in [0.05, 0.1) is 38.8 Å². The number of nitrogens with zero attached hydrogens (tertiary/aromatic N) is 3. The molecule has 0 bridgehead atoms. The Bertz CT molecular complexity index is 3400. The van der Waals surface area contributed by atoms with Gasteiger partial charge in [0.25, 0.3) is 0 Å². The average molecular weight is 728 g/mol. The number of benzene rings is 8. The van der Waals surface area contributed by atoms with Gasteiger partial charge >= 0.3 is 0 Å². The molecule has 0 aliphatic heterocycles. The molecule has 3 heterocycles. The predicted molar refractivity (Wildman–Crippen MR) is 241 cm³/mol. The Morgan fingerprint density at radius 3 is 1.33 bits per heavy atom. The van der Waals surface area contributed by atoms with Gasteiger partial charge < -0.3 is 13.7 Å². The van der Waals surface area contributed by atoms with E-state index in [2.05, 4.69) is 214 Å². The summed E-state index contributed by atoms with van der Waals surface area (Å²) < 4.78 is 7.38. The highest BCUT2D eigenvalue weighted by atomic mass is 15.0. The van der Waals surface area contributed by atoms with E-state index in [-0.39, 0.29) is 0 Å². The maximum atomic E-state index is 2.51. The lowest BCUT2D eigenvalue weighted by molar-refractivity contribution is 1.04. The lowest BCUT2D eigenvalue weighted by Crippen LogP contribution is -2.03. The van der Waals surface area contributed by atoms with Gasteiger partial charge in [-0.1, -0.05) is 140 Å². The summed E-state index contributed by atoms with van der Waals surface area (Å²) in [7, 11) is 0. The molecule has 8 aromatic carbocycles. The van der Waals surface area contributed by atoms with Crippen molar-refractivity contribution in [2.24, 2.45) is 0 Å². The van der Waals surface area contributed by atoms with Crippen LogP contribution in [-0.4, -0.2) is 13.7 Å². The molecule has 0 atom stereocenters. The first-order valence-electron chi connectivity index (χ1n) is 19.9. The molecule has 1 aliphatic carbocycles. The van der Waals surface area contributed by atoms with E-state index in [1.807, 2.05) is 0 Å². The van der Waals surface area contributed by atoms with Gasteiger partial charge in [-0.05, 0) is 84.6 Å². The van der Waals surface area contributed by atoms with E-state index in [0.29, 0.717) is 0 Å². The second kappa shape index (κ2) is 12.6. The van der Waals surface area contributed by atoms with Crippen LogP contribution in [0.1, 0.15) is 18.4 Å². The molecule has 0 spiro atoms. The van der Waals surface area contributed by atoms with Gasteiger partial charge in [0, 0.05) is 54.8 Å². The molecular formula is C54H37N3. The molecule has 0 unspecified atom stereocenters. The number of hydrogen-bond acceptors (Lipinski definition) is 0. The first-order valence-corrected chi connectivity index (χ1v) is 19.9. The van der Waals surface area contributed by atoms with E-state index in [0.717, 1.165) is 24.2 Å². The molecule has 12 rings (SSSR count). The third-order valence-electron chi connectivity index (χ3n) is 12.1. The third-order valence-corrected chi connectivity index (χ3v) is 12.1. The van der Waals surface area contributed by atoms with Crippen LogP contribution in [0.25, 0.3) is 99.2 Å². The fourth-order valence-corrected chi connectivity index (χ4v) is 9.60. The largest absolute Gasteiger partial charge is 0.309 e. The van der Waals surface area contributed by atoms with Crippen molar-refractivity contribution < 1.29 is 0 Å². The predicted octanol–water partition coefficient (Wildman–Crippen LogP) is 14.4. The minimum Gasteiger partial charge on any atom is -0.309 e. The van der Waals surface area contributed by atoms with Crippen molar-refractivity contribution in [1.29, 1.82) is 0 Å². The molecule has 57 heavy (non-hydrogen) atoms. The summed E-state index contributed by atoms with van der Waals surface area (Å²) in [6.45, 7) is 0. The standard InChI is InChI=1S/C54H37N3/c1-3-16-36(17-4-1)40-24-15-25-41(37-18-5-2-6-19-37)54(40)57-51-29-14-10-23-45(51)47-35-39(31-33-53(47)57)56-50-28-13-9-22-44(50)46-34-38(30-32-52(46)56)55-48-26-11-7-20-42(48)43-21-8-12-27-49(43)55/h1,3-5,7-35H,2,6H2. The molecular weight excluding hydrogens is 691 g/mol. The molecule has 1 aliphatic rings. The van der Waals surface area contributed by atoms with Gasteiger partial charge in [-0.25, -0.2) is 0 Å². The van der Waals surface area contributed by atoms with Crippen molar-refractivity contribution in [3.63, 3.8) is 0 Å². The topological polar surface area (TPSA) is 14.8 Å². The Kier molecular flexibility index (Phi) is 7.05. The van der Waals surface area contributed by atoms with Gasteiger partial charge in [-0.2, -0.15) is 0 Å². The molecule has 11 aromatic rings. The summed E-state index contributed by atoms with van der Waals surface area (Å²) in [6, 6.07) is 66.9. The van der Waals surface area contributed by atoms with Crippen LogP contribution in [0.5, 0.6) is 0 Å². The first kappa shape index (κ1) is 31.9. The molecule has 0 amide bonds. The van der Waals surface area contributed by atoms with E-state index in [4.69, 9.17) is 0 Å². The van der Waals surface area contributed by atoms with Crippen LogP contribution in [0.4, 0.5) is 0 Å². The van der Waals surface area contributed by atoms with Crippen molar-refractivity contribution >= 4 is 71.0 Å². The van der Waals surface area contributed by atoms with Crippen LogP contribution >= 0.6 is 0 Å². The zero-order valence-electron chi connectivity index (χ0n) is 31.3. The van der Waals surface area contributed by atoms with Crippen LogP contribution in [0, 0.1) is 0 Å². The summed E-state index contributed by atoms with van der Waals surface area (Å²) in [5.41, 5.74) is 15.7. The normalized spacial score (nSPS) is 13.2. The number of rotatable bonds is 5. The quantitative estimate of drug-likeness (QED) is 0.168.